The van der Waals surface area contributed by atoms with E-state index in [2.05, 4.69) is 4.74 Å². The van der Waals surface area contributed by atoms with E-state index in [1.807, 2.05) is 31.2 Å². The van der Waals surface area contributed by atoms with Gasteiger partial charge in [0.15, 0.2) is 0 Å². The maximum absolute atomic E-state index is 12.8. The number of Topliss-reactive ketones (excluding diaryl/α,β-unsaturated/α-hetero) is 1. The number of esters is 1. The molecular formula is C25H35ClO5. The van der Waals surface area contributed by atoms with Crippen molar-refractivity contribution < 1.29 is 24.5 Å². The molecule has 0 spiro atoms. The van der Waals surface area contributed by atoms with E-state index >= 15 is 0 Å². The highest BCUT2D eigenvalue weighted by atomic mass is 35.5. The number of carbonyl (C=O) groups is 2. The molecular weight excluding hydrogens is 416 g/mol. The van der Waals surface area contributed by atoms with Crippen LogP contribution in [-0.4, -0.2) is 40.8 Å². The maximum Gasteiger partial charge on any atom is 0.305 e. The van der Waals surface area contributed by atoms with Crippen molar-refractivity contribution in [2.24, 2.45) is 17.3 Å². The standard InChI is InChI=1S/C25H35ClO5/c1-24(30,13-11-17-8-7-9-18(26)14-17)16-19-23-20(27)15-21(28)25(19,23)12-6-4-3-5-10-22(29)31-2/h7-9,14,19-20,23,27,30H,3-6,10-13,15-16H2,1-2H3/t19?,20-,23+,24+,25+/m1/s1. The molecule has 3 rings (SSSR count). The SMILES string of the molecule is COC(=O)CCCCCC[C@]12C(=O)C[C@@H](O)[C@@H]1C2C[C@@](C)(O)CCc1cccc(Cl)c1. The molecule has 5 nitrogen and oxygen atoms in total. The fourth-order valence-electron chi connectivity index (χ4n) is 5.69. The second-order valence-electron chi connectivity index (χ2n) is 9.69. The number of hydrogen-bond acceptors (Lipinski definition) is 5. The minimum absolute atomic E-state index is 0.0206. The van der Waals surface area contributed by atoms with E-state index < -0.39 is 17.1 Å². The largest absolute Gasteiger partial charge is 0.469 e. The Morgan fingerprint density at radius 2 is 2.03 bits per heavy atom. The smallest absolute Gasteiger partial charge is 0.305 e. The van der Waals surface area contributed by atoms with Gasteiger partial charge >= 0.3 is 5.97 Å². The average Bonchev–Trinajstić information content (AvgIpc) is 3.26. The van der Waals surface area contributed by atoms with E-state index in [4.69, 9.17) is 11.6 Å². The summed E-state index contributed by atoms with van der Waals surface area (Å²) in [6.07, 6.45) is 6.26. The van der Waals surface area contributed by atoms with Crippen LogP contribution in [0.2, 0.25) is 5.02 Å². The highest BCUT2D eigenvalue weighted by Gasteiger charge is 2.74. The second-order valence-corrected chi connectivity index (χ2v) is 10.1. The van der Waals surface area contributed by atoms with Crippen LogP contribution >= 0.6 is 11.6 Å². The molecule has 2 aliphatic rings. The Morgan fingerprint density at radius 1 is 1.29 bits per heavy atom. The number of halogens is 1. The molecule has 0 bridgehead atoms. The molecule has 2 fully saturated rings. The first kappa shape index (κ1) is 24.2. The van der Waals surface area contributed by atoms with Crippen molar-refractivity contribution in [1.82, 2.24) is 0 Å². The fraction of sp³-hybridized carbons (Fsp3) is 0.680. The fourth-order valence-corrected chi connectivity index (χ4v) is 5.90. The number of benzene rings is 1. The monoisotopic (exact) mass is 450 g/mol. The van der Waals surface area contributed by atoms with Crippen molar-refractivity contribution in [1.29, 1.82) is 0 Å². The molecule has 172 valence electrons. The van der Waals surface area contributed by atoms with E-state index in [1.165, 1.54) is 7.11 Å². The van der Waals surface area contributed by atoms with Crippen molar-refractivity contribution in [3.8, 4) is 0 Å². The third kappa shape index (κ3) is 5.68. The van der Waals surface area contributed by atoms with E-state index in [1.54, 1.807) is 0 Å². The average molecular weight is 451 g/mol. The van der Waals surface area contributed by atoms with Gasteiger partial charge in [-0.1, -0.05) is 43.0 Å². The summed E-state index contributed by atoms with van der Waals surface area (Å²) < 4.78 is 4.66. The summed E-state index contributed by atoms with van der Waals surface area (Å²) in [6.45, 7) is 1.84. The lowest BCUT2D eigenvalue weighted by Gasteiger charge is -2.26. The molecule has 0 amide bonds. The first-order chi connectivity index (χ1) is 14.7. The number of fused-ring (bicyclic) bond motifs is 1. The third-order valence-corrected chi connectivity index (χ3v) is 7.59. The molecule has 1 aromatic carbocycles. The van der Waals surface area contributed by atoms with Gasteiger partial charge in [-0.25, -0.2) is 0 Å². The number of aryl methyl sites for hydroxylation is 1. The van der Waals surface area contributed by atoms with Gasteiger partial charge in [-0.3, -0.25) is 9.59 Å². The highest BCUT2D eigenvalue weighted by molar-refractivity contribution is 6.30. The number of aliphatic hydroxyl groups excluding tert-OH is 1. The molecule has 0 saturated heterocycles. The number of carbonyl (C=O) groups excluding carboxylic acids is 2. The number of unbranched alkanes of at least 4 members (excludes halogenated alkanes) is 3. The number of methoxy groups -OCH3 is 1. The minimum atomic E-state index is -0.898. The molecule has 0 aromatic heterocycles. The Bertz CT molecular complexity index is 792. The van der Waals surface area contributed by atoms with Crippen LogP contribution in [0, 0.1) is 17.3 Å². The summed E-state index contributed by atoms with van der Waals surface area (Å²) in [5, 5.41) is 22.2. The molecule has 2 saturated carbocycles. The van der Waals surface area contributed by atoms with E-state index in [0.29, 0.717) is 30.7 Å². The molecule has 0 heterocycles. The lowest BCUT2D eigenvalue weighted by molar-refractivity contribution is -0.140. The van der Waals surface area contributed by atoms with Crippen LogP contribution in [0.15, 0.2) is 24.3 Å². The lowest BCUT2D eigenvalue weighted by Crippen LogP contribution is -2.29. The molecule has 1 aromatic rings. The Morgan fingerprint density at radius 3 is 2.74 bits per heavy atom. The van der Waals surface area contributed by atoms with Crippen LogP contribution in [0.3, 0.4) is 0 Å². The Kier molecular flexibility index (Phi) is 7.82. The molecule has 1 unspecified atom stereocenters. The van der Waals surface area contributed by atoms with Crippen molar-refractivity contribution in [2.75, 3.05) is 7.11 Å². The first-order valence-corrected chi connectivity index (χ1v) is 11.8. The Labute approximate surface area is 190 Å². The normalized spacial score (nSPS) is 28.8. The highest BCUT2D eigenvalue weighted by Crippen LogP contribution is 2.71. The number of ether oxygens (including phenoxy) is 1. The molecule has 2 N–H and O–H groups in total. The number of hydrogen-bond donors (Lipinski definition) is 2. The van der Waals surface area contributed by atoms with Gasteiger partial charge in [0.05, 0.1) is 18.8 Å². The first-order valence-electron chi connectivity index (χ1n) is 11.4. The zero-order valence-corrected chi connectivity index (χ0v) is 19.4. The molecule has 5 atom stereocenters. The van der Waals surface area contributed by atoms with E-state index in [9.17, 15) is 19.8 Å². The van der Waals surface area contributed by atoms with Gasteiger partial charge in [-0.2, -0.15) is 0 Å². The van der Waals surface area contributed by atoms with Crippen molar-refractivity contribution in [3.63, 3.8) is 0 Å². The quantitative estimate of drug-likeness (QED) is 0.362. The summed E-state index contributed by atoms with van der Waals surface area (Å²) >= 11 is 6.06. The zero-order chi connectivity index (χ0) is 22.6. The molecule has 2 aliphatic carbocycles. The summed E-state index contributed by atoms with van der Waals surface area (Å²) in [7, 11) is 1.40. The molecule has 0 aliphatic heterocycles. The van der Waals surface area contributed by atoms with Crippen LogP contribution in [0.1, 0.15) is 70.3 Å². The van der Waals surface area contributed by atoms with Gasteiger partial charge in [0.1, 0.15) is 5.78 Å². The van der Waals surface area contributed by atoms with Crippen LogP contribution in [0.5, 0.6) is 0 Å². The summed E-state index contributed by atoms with van der Waals surface area (Å²) in [6, 6.07) is 7.66. The van der Waals surface area contributed by atoms with Gasteiger partial charge in [-0.05, 0) is 62.6 Å². The Hall–Kier alpha value is -1.43. The van der Waals surface area contributed by atoms with E-state index in [0.717, 1.165) is 37.7 Å². The summed E-state index contributed by atoms with van der Waals surface area (Å²) in [4.78, 5) is 24.0. The van der Waals surface area contributed by atoms with Gasteiger partial charge in [0.25, 0.3) is 0 Å². The van der Waals surface area contributed by atoms with Crippen LogP contribution in [0.25, 0.3) is 0 Å². The topological polar surface area (TPSA) is 83.8 Å². The third-order valence-electron chi connectivity index (χ3n) is 7.36. The molecule has 0 radical (unpaired) electrons. The van der Waals surface area contributed by atoms with Crippen LogP contribution < -0.4 is 0 Å². The van der Waals surface area contributed by atoms with E-state index in [-0.39, 0.29) is 30.0 Å². The van der Waals surface area contributed by atoms with Gasteiger partial charge in [0, 0.05) is 29.2 Å². The summed E-state index contributed by atoms with van der Waals surface area (Å²) in [5.74, 6) is 0.00566. The van der Waals surface area contributed by atoms with Gasteiger partial charge in [-0.15, -0.1) is 0 Å². The predicted molar refractivity (Wildman–Crippen MR) is 120 cm³/mol. The minimum Gasteiger partial charge on any atom is -0.469 e. The summed E-state index contributed by atoms with van der Waals surface area (Å²) in [5.41, 5.74) is -0.270. The molecule has 31 heavy (non-hydrogen) atoms. The maximum atomic E-state index is 12.8. The van der Waals surface area contributed by atoms with Crippen molar-refractivity contribution in [2.45, 2.75) is 82.8 Å². The van der Waals surface area contributed by atoms with Crippen LogP contribution in [0.4, 0.5) is 0 Å². The second kappa shape index (κ2) is 10.0. The molecule has 6 heteroatoms. The van der Waals surface area contributed by atoms with Gasteiger partial charge in [0.2, 0.25) is 0 Å². The van der Waals surface area contributed by atoms with Crippen LogP contribution in [-0.2, 0) is 20.7 Å². The van der Waals surface area contributed by atoms with Crippen molar-refractivity contribution >= 4 is 23.4 Å². The number of aliphatic hydroxyl groups is 2. The number of rotatable bonds is 12. The Balaban J connectivity index is 1.51. The van der Waals surface area contributed by atoms with Crippen molar-refractivity contribution in [3.05, 3.63) is 34.9 Å². The zero-order valence-electron chi connectivity index (χ0n) is 18.6. The lowest BCUT2D eigenvalue weighted by atomic mass is 9.84. The van der Waals surface area contributed by atoms with Gasteiger partial charge < -0.3 is 14.9 Å². The predicted octanol–water partition coefficient (Wildman–Crippen LogP) is 4.49. The number of ketones is 1.